The van der Waals surface area contributed by atoms with Gasteiger partial charge >= 0.3 is 0 Å². The summed E-state index contributed by atoms with van der Waals surface area (Å²) in [5.74, 6) is 0.399. The molecule has 0 saturated heterocycles. The van der Waals surface area contributed by atoms with Crippen LogP contribution in [-0.2, 0) is 4.79 Å². The van der Waals surface area contributed by atoms with Crippen LogP contribution in [0.25, 0.3) is 0 Å². The average Bonchev–Trinajstić information content (AvgIpc) is 2.37. The van der Waals surface area contributed by atoms with Gasteiger partial charge in [0.05, 0.1) is 12.6 Å². The summed E-state index contributed by atoms with van der Waals surface area (Å²) < 4.78 is 18.3. The molecule has 4 nitrogen and oxygen atoms in total. The molecule has 0 aromatic heterocycles. The highest BCUT2D eigenvalue weighted by molar-refractivity contribution is 5.81. The van der Waals surface area contributed by atoms with Crippen LogP contribution in [0.2, 0.25) is 0 Å². The van der Waals surface area contributed by atoms with Gasteiger partial charge in [-0.2, -0.15) is 0 Å². The highest BCUT2D eigenvalue weighted by Crippen LogP contribution is 2.11. The number of rotatable bonds is 7. The Kier molecular flexibility index (Phi) is 6.45. The SMILES string of the molecule is CC(C)CC(N)C(=O)N(C)CCOc1cccc(F)c1. The van der Waals surface area contributed by atoms with Crippen molar-refractivity contribution in [2.75, 3.05) is 20.2 Å². The standard InChI is InChI=1S/C15H23FN2O2/c1-11(2)9-14(17)15(19)18(3)7-8-20-13-6-4-5-12(16)10-13/h4-6,10-11,14H,7-9,17H2,1-3H3. The monoisotopic (exact) mass is 282 g/mol. The van der Waals surface area contributed by atoms with Crippen molar-refractivity contribution in [3.8, 4) is 5.75 Å². The number of hydrogen-bond acceptors (Lipinski definition) is 3. The van der Waals surface area contributed by atoms with Gasteiger partial charge in [0.2, 0.25) is 5.91 Å². The lowest BCUT2D eigenvalue weighted by atomic mass is 10.0. The molecule has 0 aliphatic carbocycles. The number of carbonyl (C=O) groups is 1. The molecule has 1 amide bonds. The fraction of sp³-hybridized carbons (Fsp3) is 0.533. The van der Waals surface area contributed by atoms with Crippen molar-refractivity contribution in [1.82, 2.24) is 4.90 Å². The van der Waals surface area contributed by atoms with E-state index in [0.717, 1.165) is 0 Å². The molecule has 20 heavy (non-hydrogen) atoms. The van der Waals surface area contributed by atoms with E-state index in [1.165, 1.54) is 12.1 Å². The van der Waals surface area contributed by atoms with E-state index in [4.69, 9.17) is 10.5 Å². The Balaban J connectivity index is 2.35. The van der Waals surface area contributed by atoms with Crippen molar-refractivity contribution in [3.05, 3.63) is 30.1 Å². The van der Waals surface area contributed by atoms with Crippen molar-refractivity contribution in [1.29, 1.82) is 0 Å². The molecule has 0 bridgehead atoms. The van der Waals surface area contributed by atoms with Gasteiger partial charge in [0.15, 0.2) is 0 Å². The first-order chi connectivity index (χ1) is 9.40. The zero-order valence-electron chi connectivity index (χ0n) is 12.3. The van der Waals surface area contributed by atoms with Gasteiger partial charge in [-0.1, -0.05) is 19.9 Å². The van der Waals surface area contributed by atoms with Crippen LogP contribution >= 0.6 is 0 Å². The van der Waals surface area contributed by atoms with Crippen molar-refractivity contribution >= 4 is 5.91 Å². The molecule has 112 valence electrons. The lowest BCUT2D eigenvalue weighted by molar-refractivity contribution is -0.131. The van der Waals surface area contributed by atoms with E-state index in [2.05, 4.69) is 0 Å². The van der Waals surface area contributed by atoms with Crippen molar-refractivity contribution in [3.63, 3.8) is 0 Å². The van der Waals surface area contributed by atoms with E-state index >= 15 is 0 Å². The lowest BCUT2D eigenvalue weighted by Gasteiger charge is -2.22. The topological polar surface area (TPSA) is 55.6 Å². The van der Waals surface area contributed by atoms with Gasteiger partial charge < -0.3 is 15.4 Å². The largest absolute Gasteiger partial charge is 0.492 e. The van der Waals surface area contributed by atoms with Crippen molar-refractivity contribution in [2.24, 2.45) is 11.7 Å². The normalized spacial score (nSPS) is 12.3. The Bertz CT molecular complexity index is 438. The molecule has 1 aromatic carbocycles. The quantitative estimate of drug-likeness (QED) is 0.832. The minimum Gasteiger partial charge on any atom is -0.492 e. The first kappa shape index (κ1) is 16.4. The van der Waals surface area contributed by atoms with Crippen LogP contribution in [0, 0.1) is 11.7 Å². The summed E-state index contributed by atoms with van der Waals surface area (Å²) in [6, 6.07) is 5.45. The smallest absolute Gasteiger partial charge is 0.239 e. The Morgan fingerprint density at radius 2 is 2.15 bits per heavy atom. The molecule has 1 aromatic rings. The van der Waals surface area contributed by atoms with Gasteiger partial charge in [0, 0.05) is 13.1 Å². The van der Waals surface area contributed by atoms with Gasteiger partial charge in [-0.25, -0.2) is 4.39 Å². The Morgan fingerprint density at radius 3 is 2.75 bits per heavy atom. The van der Waals surface area contributed by atoms with Gasteiger partial charge in [0.1, 0.15) is 18.2 Å². The number of halogens is 1. The summed E-state index contributed by atoms with van der Waals surface area (Å²) in [4.78, 5) is 13.5. The van der Waals surface area contributed by atoms with E-state index in [0.29, 0.717) is 31.2 Å². The number of benzene rings is 1. The highest BCUT2D eigenvalue weighted by Gasteiger charge is 2.18. The highest BCUT2D eigenvalue weighted by atomic mass is 19.1. The number of hydrogen-bond donors (Lipinski definition) is 1. The van der Waals surface area contributed by atoms with Gasteiger partial charge in [0.25, 0.3) is 0 Å². The first-order valence-electron chi connectivity index (χ1n) is 6.79. The summed E-state index contributed by atoms with van der Waals surface area (Å²) in [5.41, 5.74) is 5.84. The van der Waals surface area contributed by atoms with Crippen LogP contribution in [0.15, 0.2) is 24.3 Å². The molecule has 1 unspecified atom stereocenters. The van der Waals surface area contributed by atoms with Crippen LogP contribution in [0.3, 0.4) is 0 Å². The first-order valence-corrected chi connectivity index (χ1v) is 6.79. The maximum absolute atomic E-state index is 12.9. The van der Waals surface area contributed by atoms with E-state index < -0.39 is 6.04 Å². The number of likely N-dealkylation sites (N-methyl/N-ethyl adjacent to an activating group) is 1. The molecule has 0 fully saturated rings. The minimum atomic E-state index is -0.478. The minimum absolute atomic E-state index is 0.0958. The molecular weight excluding hydrogens is 259 g/mol. The molecule has 0 saturated carbocycles. The Labute approximate surface area is 119 Å². The Morgan fingerprint density at radius 1 is 1.45 bits per heavy atom. The van der Waals surface area contributed by atoms with Crippen LogP contribution in [-0.4, -0.2) is 37.0 Å². The van der Waals surface area contributed by atoms with E-state index in [-0.39, 0.29) is 11.7 Å². The van der Waals surface area contributed by atoms with Crippen LogP contribution < -0.4 is 10.5 Å². The predicted octanol–water partition coefficient (Wildman–Crippen LogP) is 2.04. The molecule has 2 N–H and O–H groups in total. The third kappa shape index (κ3) is 5.57. The summed E-state index contributed by atoms with van der Waals surface area (Å²) in [5, 5.41) is 0. The summed E-state index contributed by atoms with van der Waals surface area (Å²) in [6.07, 6.45) is 0.661. The lowest BCUT2D eigenvalue weighted by Crippen LogP contribution is -2.43. The molecule has 0 spiro atoms. The van der Waals surface area contributed by atoms with Gasteiger partial charge in [-0.3, -0.25) is 4.79 Å². The average molecular weight is 282 g/mol. The zero-order valence-corrected chi connectivity index (χ0v) is 12.3. The zero-order chi connectivity index (χ0) is 15.1. The molecule has 0 aliphatic rings. The van der Waals surface area contributed by atoms with E-state index in [9.17, 15) is 9.18 Å². The number of carbonyl (C=O) groups excluding carboxylic acids is 1. The molecular formula is C15H23FN2O2. The van der Waals surface area contributed by atoms with E-state index in [1.54, 1.807) is 24.1 Å². The van der Waals surface area contributed by atoms with Crippen molar-refractivity contribution in [2.45, 2.75) is 26.3 Å². The third-order valence-electron chi connectivity index (χ3n) is 2.91. The fourth-order valence-electron chi connectivity index (χ4n) is 1.86. The molecule has 0 aliphatic heterocycles. The predicted molar refractivity (Wildman–Crippen MR) is 77.0 cm³/mol. The fourth-order valence-corrected chi connectivity index (χ4v) is 1.86. The van der Waals surface area contributed by atoms with E-state index in [1.807, 2.05) is 13.8 Å². The number of nitrogens with two attached hydrogens (primary N) is 1. The molecule has 5 heteroatoms. The summed E-state index contributed by atoms with van der Waals surface area (Å²) in [7, 11) is 1.69. The Hall–Kier alpha value is -1.62. The second kappa shape index (κ2) is 7.85. The molecule has 1 rings (SSSR count). The summed E-state index contributed by atoms with van der Waals surface area (Å²) >= 11 is 0. The summed E-state index contributed by atoms with van der Waals surface area (Å²) in [6.45, 7) is 4.78. The second-order valence-corrected chi connectivity index (χ2v) is 5.30. The number of amides is 1. The van der Waals surface area contributed by atoms with Crippen LogP contribution in [0.1, 0.15) is 20.3 Å². The molecule has 0 radical (unpaired) electrons. The number of ether oxygens (including phenoxy) is 1. The van der Waals surface area contributed by atoms with Crippen molar-refractivity contribution < 1.29 is 13.9 Å². The van der Waals surface area contributed by atoms with Crippen LogP contribution in [0.4, 0.5) is 4.39 Å². The van der Waals surface area contributed by atoms with Gasteiger partial charge in [-0.05, 0) is 24.5 Å². The maximum Gasteiger partial charge on any atom is 0.239 e. The molecule has 1 atom stereocenters. The molecule has 0 heterocycles. The third-order valence-corrected chi connectivity index (χ3v) is 2.91. The van der Waals surface area contributed by atoms with Gasteiger partial charge in [-0.15, -0.1) is 0 Å². The second-order valence-electron chi connectivity index (χ2n) is 5.30. The van der Waals surface area contributed by atoms with Crippen LogP contribution in [0.5, 0.6) is 5.75 Å². The number of nitrogens with zero attached hydrogens (tertiary/aromatic N) is 1. The maximum atomic E-state index is 12.9.